The van der Waals surface area contributed by atoms with Gasteiger partial charge in [0.05, 0.1) is 0 Å². The summed E-state index contributed by atoms with van der Waals surface area (Å²) in [7, 11) is 0. The molecule has 0 aliphatic rings. The SMILES string of the molecule is Cc1c[c]ccc1C(N)C(F)(F)F. The molecule has 1 nitrogen and oxygen atoms in total. The van der Waals surface area contributed by atoms with Crippen LogP contribution in [0.5, 0.6) is 0 Å². The Bertz CT molecular complexity index is 293. The Labute approximate surface area is 74.4 Å². The van der Waals surface area contributed by atoms with Gasteiger partial charge in [-0.3, -0.25) is 0 Å². The number of alkyl halides is 3. The van der Waals surface area contributed by atoms with Gasteiger partial charge in [0.25, 0.3) is 0 Å². The van der Waals surface area contributed by atoms with Gasteiger partial charge in [-0.05, 0) is 24.1 Å². The van der Waals surface area contributed by atoms with Crippen molar-refractivity contribution < 1.29 is 13.2 Å². The number of hydrogen-bond donors (Lipinski definition) is 1. The summed E-state index contributed by atoms with van der Waals surface area (Å²) in [5.41, 5.74) is 5.64. The third-order valence-electron chi connectivity index (χ3n) is 1.80. The molecule has 2 N–H and O–H groups in total. The van der Waals surface area contributed by atoms with Crippen molar-refractivity contribution in [1.29, 1.82) is 0 Å². The molecule has 4 heteroatoms. The van der Waals surface area contributed by atoms with Gasteiger partial charge in [0.1, 0.15) is 6.04 Å². The number of hydrogen-bond acceptors (Lipinski definition) is 1. The lowest BCUT2D eigenvalue weighted by molar-refractivity contribution is -0.149. The lowest BCUT2D eigenvalue weighted by atomic mass is 10.0. The van der Waals surface area contributed by atoms with Crippen LogP contribution in [0.25, 0.3) is 0 Å². The summed E-state index contributed by atoms with van der Waals surface area (Å²) in [5, 5.41) is 0. The van der Waals surface area contributed by atoms with Crippen molar-refractivity contribution in [3.63, 3.8) is 0 Å². The van der Waals surface area contributed by atoms with E-state index in [4.69, 9.17) is 5.73 Å². The number of rotatable bonds is 1. The summed E-state index contributed by atoms with van der Waals surface area (Å²) < 4.78 is 36.5. The average Bonchev–Trinajstić information content (AvgIpc) is 2.02. The summed E-state index contributed by atoms with van der Waals surface area (Å²) in [6.45, 7) is 1.58. The predicted octanol–water partition coefficient (Wildman–Crippen LogP) is 2.36. The Morgan fingerprint density at radius 1 is 1.46 bits per heavy atom. The largest absolute Gasteiger partial charge is 0.407 e. The zero-order chi connectivity index (χ0) is 10.1. The molecule has 1 aromatic carbocycles. The standard InChI is InChI=1S/C9H9F3N/c1-6-4-2-3-5-7(6)8(13)9(10,11)12/h3-5,8H,13H2,1H3. The fraction of sp³-hybridized carbons (Fsp3) is 0.333. The molecule has 1 rings (SSSR count). The van der Waals surface area contributed by atoms with E-state index in [-0.39, 0.29) is 5.56 Å². The molecule has 0 aliphatic carbocycles. The maximum Gasteiger partial charge on any atom is 0.407 e. The van der Waals surface area contributed by atoms with Crippen LogP contribution in [0.3, 0.4) is 0 Å². The van der Waals surface area contributed by atoms with Gasteiger partial charge in [-0.1, -0.05) is 18.2 Å². The number of benzene rings is 1. The van der Waals surface area contributed by atoms with Gasteiger partial charge < -0.3 is 5.73 Å². The van der Waals surface area contributed by atoms with Crippen molar-refractivity contribution in [2.24, 2.45) is 5.73 Å². The second kappa shape index (κ2) is 3.38. The predicted molar refractivity (Wildman–Crippen MR) is 43.0 cm³/mol. The van der Waals surface area contributed by atoms with E-state index in [1.54, 1.807) is 6.92 Å². The van der Waals surface area contributed by atoms with Crippen molar-refractivity contribution in [2.45, 2.75) is 19.1 Å². The van der Waals surface area contributed by atoms with Crippen LogP contribution < -0.4 is 5.73 Å². The van der Waals surface area contributed by atoms with Crippen LogP contribution in [0.15, 0.2) is 18.2 Å². The molecule has 0 aliphatic heterocycles. The first-order valence-electron chi connectivity index (χ1n) is 3.72. The normalized spacial score (nSPS) is 14.2. The van der Waals surface area contributed by atoms with Crippen LogP contribution in [0, 0.1) is 13.0 Å². The summed E-state index contributed by atoms with van der Waals surface area (Å²) in [5.74, 6) is 0. The molecule has 1 aromatic rings. The fourth-order valence-corrected chi connectivity index (χ4v) is 1.05. The second-order valence-corrected chi connectivity index (χ2v) is 2.80. The summed E-state index contributed by atoms with van der Waals surface area (Å²) in [6, 6.07) is 5.04. The van der Waals surface area contributed by atoms with E-state index in [1.165, 1.54) is 18.2 Å². The number of halogens is 3. The first kappa shape index (κ1) is 10.1. The Balaban J connectivity index is 3.02. The highest BCUT2D eigenvalue weighted by molar-refractivity contribution is 5.28. The molecule has 0 saturated carbocycles. The molecule has 1 radical (unpaired) electrons. The van der Waals surface area contributed by atoms with Gasteiger partial charge in [0.15, 0.2) is 0 Å². The van der Waals surface area contributed by atoms with Crippen molar-refractivity contribution >= 4 is 0 Å². The maximum atomic E-state index is 12.2. The summed E-state index contributed by atoms with van der Waals surface area (Å²) >= 11 is 0. The topological polar surface area (TPSA) is 26.0 Å². The van der Waals surface area contributed by atoms with Gasteiger partial charge in [0.2, 0.25) is 0 Å². The first-order valence-corrected chi connectivity index (χ1v) is 3.72. The van der Waals surface area contributed by atoms with Gasteiger partial charge in [-0.15, -0.1) is 0 Å². The molecule has 1 atom stereocenters. The Morgan fingerprint density at radius 3 is 2.54 bits per heavy atom. The molecule has 1 unspecified atom stereocenters. The van der Waals surface area contributed by atoms with E-state index in [2.05, 4.69) is 6.07 Å². The third-order valence-corrected chi connectivity index (χ3v) is 1.80. The fourth-order valence-electron chi connectivity index (χ4n) is 1.05. The van der Waals surface area contributed by atoms with E-state index in [0.717, 1.165) is 0 Å². The van der Waals surface area contributed by atoms with Crippen LogP contribution >= 0.6 is 0 Å². The molecular weight excluding hydrogens is 179 g/mol. The van der Waals surface area contributed by atoms with Crippen molar-refractivity contribution in [3.05, 3.63) is 35.4 Å². The average molecular weight is 188 g/mol. The molecular formula is C9H9F3N. The van der Waals surface area contributed by atoms with E-state index in [0.29, 0.717) is 5.56 Å². The molecule has 0 spiro atoms. The number of aryl methyl sites for hydroxylation is 1. The monoisotopic (exact) mass is 188 g/mol. The quantitative estimate of drug-likeness (QED) is 0.719. The molecule has 0 saturated heterocycles. The molecule has 0 bridgehead atoms. The molecule has 0 amide bonds. The number of nitrogens with two attached hydrogens (primary N) is 1. The van der Waals surface area contributed by atoms with Crippen LogP contribution in [-0.4, -0.2) is 6.18 Å². The minimum Gasteiger partial charge on any atom is -0.316 e. The lowest BCUT2D eigenvalue weighted by Crippen LogP contribution is -2.29. The molecule has 13 heavy (non-hydrogen) atoms. The highest BCUT2D eigenvalue weighted by Crippen LogP contribution is 2.31. The summed E-state index contributed by atoms with van der Waals surface area (Å²) in [6.07, 6.45) is -4.38. The minimum atomic E-state index is -4.38. The third kappa shape index (κ3) is 2.21. The lowest BCUT2D eigenvalue weighted by Gasteiger charge is -2.17. The van der Waals surface area contributed by atoms with Crippen molar-refractivity contribution in [2.75, 3.05) is 0 Å². The summed E-state index contributed by atoms with van der Waals surface area (Å²) in [4.78, 5) is 0. The highest BCUT2D eigenvalue weighted by Gasteiger charge is 2.38. The first-order chi connectivity index (χ1) is 5.93. The molecule has 0 fully saturated rings. The smallest absolute Gasteiger partial charge is 0.316 e. The zero-order valence-corrected chi connectivity index (χ0v) is 7.02. The van der Waals surface area contributed by atoms with Crippen LogP contribution in [-0.2, 0) is 0 Å². The second-order valence-electron chi connectivity index (χ2n) is 2.80. The minimum absolute atomic E-state index is 0.103. The highest BCUT2D eigenvalue weighted by atomic mass is 19.4. The van der Waals surface area contributed by atoms with Gasteiger partial charge >= 0.3 is 6.18 Å². The molecule has 0 aromatic heterocycles. The van der Waals surface area contributed by atoms with Crippen molar-refractivity contribution in [3.8, 4) is 0 Å². The van der Waals surface area contributed by atoms with Gasteiger partial charge in [-0.2, -0.15) is 13.2 Å². The van der Waals surface area contributed by atoms with Crippen LogP contribution in [0.4, 0.5) is 13.2 Å². The Morgan fingerprint density at radius 2 is 2.08 bits per heavy atom. The Kier molecular flexibility index (Phi) is 2.61. The molecule has 0 heterocycles. The van der Waals surface area contributed by atoms with Gasteiger partial charge in [-0.25, -0.2) is 0 Å². The van der Waals surface area contributed by atoms with Gasteiger partial charge in [0, 0.05) is 0 Å². The van der Waals surface area contributed by atoms with E-state index in [9.17, 15) is 13.2 Å². The van der Waals surface area contributed by atoms with Crippen molar-refractivity contribution in [1.82, 2.24) is 0 Å². The van der Waals surface area contributed by atoms with E-state index < -0.39 is 12.2 Å². The van der Waals surface area contributed by atoms with Crippen LogP contribution in [0.2, 0.25) is 0 Å². The van der Waals surface area contributed by atoms with E-state index >= 15 is 0 Å². The van der Waals surface area contributed by atoms with Crippen LogP contribution in [0.1, 0.15) is 17.2 Å². The Hall–Kier alpha value is -1.03. The van der Waals surface area contributed by atoms with E-state index in [1.807, 2.05) is 0 Å². The maximum absolute atomic E-state index is 12.2. The zero-order valence-electron chi connectivity index (χ0n) is 7.02. The molecule has 71 valence electrons.